The van der Waals surface area contributed by atoms with Gasteiger partial charge in [-0.05, 0) is 42.8 Å². The molecule has 3 rings (SSSR count). The monoisotopic (exact) mass is 349 g/mol. The largest absolute Gasteiger partial charge is 0.573 e. The summed E-state index contributed by atoms with van der Waals surface area (Å²) in [5.41, 5.74) is 3.73. The van der Waals surface area contributed by atoms with Crippen LogP contribution >= 0.6 is 0 Å². The van der Waals surface area contributed by atoms with Crippen LogP contribution in [0.2, 0.25) is 0 Å². The highest BCUT2D eigenvalue weighted by molar-refractivity contribution is 5.94. The maximum atomic E-state index is 12.2. The molecule has 1 aromatic heterocycles. The molecule has 8 heteroatoms. The van der Waals surface area contributed by atoms with Gasteiger partial charge in [-0.25, -0.2) is 4.98 Å². The molecule has 0 bridgehead atoms. The predicted molar refractivity (Wildman–Crippen MR) is 85.1 cm³/mol. The zero-order valence-electron chi connectivity index (χ0n) is 13.1. The Kier molecular flexibility index (Phi) is 4.35. The van der Waals surface area contributed by atoms with Gasteiger partial charge in [-0.2, -0.15) is 0 Å². The van der Waals surface area contributed by atoms with Crippen LogP contribution in [-0.4, -0.2) is 22.2 Å². The van der Waals surface area contributed by atoms with Gasteiger partial charge in [0, 0.05) is 17.7 Å². The lowest BCUT2D eigenvalue weighted by molar-refractivity contribution is -0.274. The van der Waals surface area contributed by atoms with Crippen LogP contribution in [0.3, 0.4) is 0 Å². The number of benzene rings is 2. The molecular formula is C17H14F3N3O2. The number of hydrogen-bond donors (Lipinski definition) is 2. The standard InChI is InChI=1S/C17H14F3N3O2/c1-10-2-7-14-15(23-9-22-14)13(10)8-21-16(24)11-3-5-12(6-4-11)25-17(18,19)20/h2-7,9H,8H2,1H3,(H,21,24)(H,22,23). The molecule has 0 unspecified atom stereocenters. The molecule has 1 amide bonds. The summed E-state index contributed by atoms with van der Waals surface area (Å²) in [5, 5.41) is 2.75. The first-order valence-electron chi connectivity index (χ1n) is 7.39. The zero-order chi connectivity index (χ0) is 18.0. The van der Waals surface area contributed by atoms with Gasteiger partial charge in [0.05, 0.1) is 17.4 Å². The second kappa shape index (κ2) is 6.46. The average Bonchev–Trinajstić information content (AvgIpc) is 3.01. The molecule has 0 atom stereocenters. The van der Waals surface area contributed by atoms with Gasteiger partial charge in [0.2, 0.25) is 0 Å². The summed E-state index contributed by atoms with van der Waals surface area (Å²) in [7, 11) is 0. The van der Waals surface area contributed by atoms with Gasteiger partial charge >= 0.3 is 6.36 Å². The molecule has 0 aliphatic heterocycles. The number of carbonyl (C=O) groups is 1. The molecule has 5 nitrogen and oxygen atoms in total. The SMILES string of the molecule is Cc1ccc2[nH]cnc2c1CNC(=O)c1ccc(OC(F)(F)F)cc1. The van der Waals surface area contributed by atoms with E-state index in [4.69, 9.17) is 0 Å². The van der Waals surface area contributed by atoms with Crippen molar-refractivity contribution in [2.45, 2.75) is 19.8 Å². The number of aryl methyl sites for hydroxylation is 1. The number of ether oxygens (including phenoxy) is 1. The lowest BCUT2D eigenvalue weighted by atomic mass is 10.1. The van der Waals surface area contributed by atoms with Crippen molar-refractivity contribution in [3.63, 3.8) is 0 Å². The van der Waals surface area contributed by atoms with E-state index in [0.717, 1.165) is 34.3 Å². The molecular weight excluding hydrogens is 335 g/mol. The van der Waals surface area contributed by atoms with Crippen LogP contribution < -0.4 is 10.1 Å². The van der Waals surface area contributed by atoms with Crippen molar-refractivity contribution in [3.05, 3.63) is 59.4 Å². The van der Waals surface area contributed by atoms with E-state index in [2.05, 4.69) is 20.0 Å². The van der Waals surface area contributed by atoms with Gasteiger partial charge < -0.3 is 15.0 Å². The third kappa shape index (κ3) is 3.90. The normalized spacial score (nSPS) is 11.5. The molecule has 0 aliphatic carbocycles. The second-order valence-corrected chi connectivity index (χ2v) is 5.41. The highest BCUT2D eigenvalue weighted by Gasteiger charge is 2.31. The van der Waals surface area contributed by atoms with Gasteiger partial charge in [0.15, 0.2) is 0 Å². The van der Waals surface area contributed by atoms with E-state index in [1.807, 2.05) is 19.1 Å². The molecule has 0 spiro atoms. The van der Waals surface area contributed by atoms with E-state index in [-0.39, 0.29) is 17.9 Å². The Morgan fingerprint density at radius 3 is 2.60 bits per heavy atom. The van der Waals surface area contributed by atoms with Crippen LogP contribution in [0.4, 0.5) is 13.2 Å². The van der Waals surface area contributed by atoms with Gasteiger partial charge in [-0.1, -0.05) is 6.07 Å². The van der Waals surface area contributed by atoms with E-state index < -0.39 is 12.3 Å². The summed E-state index contributed by atoms with van der Waals surface area (Å²) in [5.74, 6) is -0.772. The number of nitrogens with one attached hydrogen (secondary N) is 2. The van der Waals surface area contributed by atoms with Crippen LogP contribution in [0.15, 0.2) is 42.7 Å². The predicted octanol–water partition coefficient (Wildman–Crippen LogP) is 3.70. The summed E-state index contributed by atoms with van der Waals surface area (Å²) < 4.78 is 40.2. The molecule has 0 saturated heterocycles. The number of alkyl halides is 3. The summed E-state index contributed by atoms with van der Waals surface area (Å²) >= 11 is 0. The number of aromatic nitrogens is 2. The van der Waals surface area contributed by atoms with Crippen molar-refractivity contribution in [2.75, 3.05) is 0 Å². The first-order valence-corrected chi connectivity index (χ1v) is 7.39. The summed E-state index contributed by atoms with van der Waals surface area (Å²) in [6.07, 6.45) is -3.18. The lowest BCUT2D eigenvalue weighted by Crippen LogP contribution is -2.23. The number of imidazole rings is 1. The van der Waals surface area contributed by atoms with E-state index >= 15 is 0 Å². The lowest BCUT2D eigenvalue weighted by Gasteiger charge is -2.10. The number of carbonyl (C=O) groups excluding carboxylic acids is 1. The average molecular weight is 349 g/mol. The van der Waals surface area contributed by atoms with Crippen LogP contribution in [-0.2, 0) is 6.54 Å². The minimum atomic E-state index is -4.76. The van der Waals surface area contributed by atoms with Crippen LogP contribution in [0, 0.1) is 6.92 Å². The van der Waals surface area contributed by atoms with E-state index in [0.29, 0.717) is 0 Å². The van der Waals surface area contributed by atoms with E-state index in [1.54, 1.807) is 6.33 Å². The maximum absolute atomic E-state index is 12.2. The fraction of sp³-hybridized carbons (Fsp3) is 0.176. The molecule has 2 N–H and O–H groups in total. The fourth-order valence-corrected chi connectivity index (χ4v) is 2.47. The molecule has 0 fully saturated rings. The van der Waals surface area contributed by atoms with Crippen molar-refractivity contribution in [1.82, 2.24) is 15.3 Å². The number of aromatic amines is 1. The van der Waals surface area contributed by atoms with Crippen molar-refractivity contribution in [2.24, 2.45) is 0 Å². The van der Waals surface area contributed by atoms with Crippen LogP contribution in [0.1, 0.15) is 21.5 Å². The third-order valence-electron chi connectivity index (χ3n) is 3.71. The smallest absolute Gasteiger partial charge is 0.406 e. The van der Waals surface area contributed by atoms with Gasteiger partial charge in [-0.3, -0.25) is 4.79 Å². The third-order valence-corrected chi connectivity index (χ3v) is 3.71. The Labute approximate surface area is 140 Å². The van der Waals surface area contributed by atoms with Crippen LogP contribution in [0.25, 0.3) is 11.0 Å². The Morgan fingerprint density at radius 2 is 1.92 bits per heavy atom. The Morgan fingerprint density at radius 1 is 1.20 bits per heavy atom. The molecule has 0 saturated carbocycles. The first kappa shape index (κ1) is 16.8. The minimum absolute atomic E-state index is 0.237. The Bertz CT molecular complexity index is 902. The molecule has 0 aliphatic rings. The molecule has 3 aromatic rings. The number of nitrogens with zero attached hydrogens (tertiary/aromatic N) is 1. The number of fused-ring (bicyclic) bond motifs is 1. The van der Waals surface area contributed by atoms with E-state index in [1.165, 1.54) is 12.1 Å². The highest BCUT2D eigenvalue weighted by Crippen LogP contribution is 2.23. The molecule has 1 heterocycles. The van der Waals surface area contributed by atoms with E-state index in [9.17, 15) is 18.0 Å². The fourth-order valence-electron chi connectivity index (χ4n) is 2.47. The number of H-pyrrole nitrogens is 1. The summed E-state index contributed by atoms with van der Waals surface area (Å²) in [4.78, 5) is 19.4. The van der Waals surface area contributed by atoms with Crippen LogP contribution in [0.5, 0.6) is 5.75 Å². The van der Waals surface area contributed by atoms with Crippen molar-refractivity contribution in [1.29, 1.82) is 0 Å². The second-order valence-electron chi connectivity index (χ2n) is 5.41. The first-order chi connectivity index (χ1) is 11.8. The molecule has 2 aromatic carbocycles. The number of halogens is 3. The topological polar surface area (TPSA) is 67.0 Å². The number of hydrogen-bond acceptors (Lipinski definition) is 3. The summed E-state index contributed by atoms with van der Waals surface area (Å²) in [6.45, 7) is 2.17. The number of amides is 1. The Balaban J connectivity index is 1.70. The van der Waals surface area contributed by atoms with Gasteiger partial charge in [-0.15, -0.1) is 13.2 Å². The molecule has 130 valence electrons. The molecule has 25 heavy (non-hydrogen) atoms. The zero-order valence-corrected chi connectivity index (χ0v) is 13.1. The summed E-state index contributed by atoms with van der Waals surface area (Å²) in [6, 6.07) is 8.58. The van der Waals surface area contributed by atoms with Crippen molar-refractivity contribution < 1.29 is 22.7 Å². The maximum Gasteiger partial charge on any atom is 0.573 e. The number of rotatable bonds is 4. The van der Waals surface area contributed by atoms with Gasteiger partial charge in [0.25, 0.3) is 5.91 Å². The molecule has 0 radical (unpaired) electrons. The van der Waals surface area contributed by atoms with Gasteiger partial charge in [0.1, 0.15) is 5.75 Å². The van der Waals surface area contributed by atoms with Crippen molar-refractivity contribution >= 4 is 16.9 Å². The highest BCUT2D eigenvalue weighted by atomic mass is 19.4. The quantitative estimate of drug-likeness (QED) is 0.755. The Hall–Kier alpha value is -3.03. The van der Waals surface area contributed by atoms with Crippen molar-refractivity contribution in [3.8, 4) is 5.75 Å². The minimum Gasteiger partial charge on any atom is -0.406 e.